The molecule has 2 aromatic rings. The first-order valence-electron chi connectivity index (χ1n) is 4.48. The number of carboxylic acid groups (broad SMARTS) is 1. The summed E-state index contributed by atoms with van der Waals surface area (Å²) in [5.74, 6) is -0.997. The monoisotopic (exact) mass is 391 g/mol. The Balaban J connectivity index is 2.82. The van der Waals surface area contributed by atoms with E-state index in [2.05, 4.69) is 43.5 Å². The minimum absolute atomic E-state index is 0.0862. The molecule has 1 heterocycles. The Hall–Kier alpha value is -0.690. The molecule has 0 aliphatic carbocycles. The van der Waals surface area contributed by atoms with Gasteiger partial charge in [-0.1, -0.05) is 0 Å². The minimum Gasteiger partial charge on any atom is -0.477 e. The summed E-state index contributed by atoms with van der Waals surface area (Å²) < 4.78 is 2.01. The molecule has 16 heavy (non-hydrogen) atoms. The maximum atomic E-state index is 10.9. The number of carbonyl (C=O) groups is 1. The highest BCUT2D eigenvalue weighted by molar-refractivity contribution is 14.1. The van der Waals surface area contributed by atoms with E-state index < -0.39 is 5.97 Å². The highest BCUT2D eigenvalue weighted by Crippen LogP contribution is 2.27. The fourth-order valence-electron chi connectivity index (χ4n) is 1.50. The molecule has 0 aliphatic heterocycles. The molecular formula is C11H7BrINO2. The van der Waals surface area contributed by atoms with E-state index in [1.54, 1.807) is 6.07 Å². The van der Waals surface area contributed by atoms with Crippen LogP contribution in [0.2, 0.25) is 0 Å². The maximum Gasteiger partial charge on any atom is 0.354 e. The topological polar surface area (TPSA) is 50.2 Å². The molecule has 0 radical (unpaired) electrons. The maximum absolute atomic E-state index is 10.9. The second kappa shape index (κ2) is 4.29. The van der Waals surface area contributed by atoms with Crippen molar-refractivity contribution in [3.8, 4) is 0 Å². The summed E-state index contributed by atoms with van der Waals surface area (Å²) in [5.41, 5.74) is 1.72. The molecule has 1 aromatic carbocycles. The molecule has 3 nitrogen and oxygen atoms in total. The van der Waals surface area contributed by atoms with Crippen LogP contribution in [0.3, 0.4) is 0 Å². The summed E-state index contributed by atoms with van der Waals surface area (Å²) in [6, 6.07) is 5.43. The lowest BCUT2D eigenvalue weighted by Crippen LogP contribution is -2.01. The normalized spacial score (nSPS) is 10.7. The SMILES string of the molecule is Cc1cc(C(=O)O)nc2cc(I)c(Br)cc12. The summed E-state index contributed by atoms with van der Waals surface area (Å²) in [5, 5.41) is 9.89. The average Bonchev–Trinajstić information content (AvgIpc) is 2.20. The summed E-state index contributed by atoms with van der Waals surface area (Å²) in [6.45, 7) is 1.88. The largest absolute Gasteiger partial charge is 0.477 e. The predicted octanol–water partition coefficient (Wildman–Crippen LogP) is 3.61. The minimum atomic E-state index is -0.997. The summed E-state index contributed by atoms with van der Waals surface area (Å²) >= 11 is 5.63. The molecule has 0 unspecified atom stereocenters. The third-order valence-corrected chi connectivity index (χ3v) is 4.57. The van der Waals surface area contributed by atoms with Crippen molar-refractivity contribution in [1.82, 2.24) is 4.98 Å². The lowest BCUT2D eigenvalue weighted by molar-refractivity contribution is 0.0691. The fraction of sp³-hybridized carbons (Fsp3) is 0.0909. The molecular weight excluding hydrogens is 385 g/mol. The molecule has 1 aromatic heterocycles. The van der Waals surface area contributed by atoms with E-state index in [4.69, 9.17) is 5.11 Å². The zero-order valence-corrected chi connectivity index (χ0v) is 12.0. The Morgan fingerprint density at radius 1 is 1.44 bits per heavy atom. The van der Waals surface area contributed by atoms with Gasteiger partial charge in [0, 0.05) is 13.4 Å². The second-order valence-corrected chi connectivity index (χ2v) is 5.43. The van der Waals surface area contributed by atoms with Crippen LogP contribution in [-0.2, 0) is 0 Å². The van der Waals surface area contributed by atoms with Crippen LogP contribution in [0.25, 0.3) is 10.9 Å². The number of carboxylic acids is 1. The van der Waals surface area contributed by atoms with Crippen LogP contribution >= 0.6 is 38.5 Å². The van der Waals surface area contributed by atoms with Crippen LogP contribution < -0.4 is 0 Å². The van der Waals surface area contributed by atoms with Gasteiger partial charge in [-0.15, -0.1) is 0 Å². The van der Waals surface area contributed by atoms with Crippen LogP contribution in [-0.4, -0.2) is 16.1 Å². The average molecular weight is 392 g/mol. The molecule has 0 atom stereocenters. The number of aromatic carboxylic acids is 1. The fourth-order valence-corrected chi connectivity index (χ4v) is 2.29. The van der Waals surface area contributed by atoms with Gasteiger partial charge in [0.2, 0.25) is 0 Å². The summed E-state index contributed by atoms with van der Waals surface area (Å²) in [7, 11) is 0. The Kier molecular flexibility index (Phi) is 3.16. The smallest absolute Gasteiger partial charge is 0.354 e. The second-order valence-electron chi connectivity index (χ2n) is 3.41. The number of hydrogen-bond donors (Lipinski definition) is 1. The quantitative estimate of drug-likeness (QED) is 0.755. The molecule has 0 spiro atoms. The van der Waals surface area contributed by atoms with Gasteiger partial charge < -0.3 is 5.11 Å². The van der Waals surface area contributed by atoms with Gasteiger partial charge in [0.25, 0.3) is 0 Å². The lowest BCUT2D eigenvalue weighted by Gasteiger charge is -2.05. The van der Waals surface area contributed by atoms with Gasteiger partial charge in [-0.2, -0.15) is 0 Å². The first kappa shape index (κ1) is 11.8. The van der Waals surface area contributed by atoms with Gasteiger partial charge in [-0.3, -0.25) is 0 Å². The molecule has 0 saturated carbocycles. The Morgan fingerprint density at radius 2 is 2.12 bits per heavy atom. The third-order valence-electron chi connectivity index (χ3n) is 2.28. The van der Waals surface area contributed by atoms with E-state index in [-0.39, 0.29) is 5.69 Å². The standard InChI is InChI=1S/C11H7BrINO2/c1-5-2-10(11(15)16)14-9-4-8(13)7(12)3-6(5)9/h2-4H,1H3,(H,15,16). The molecule has 82 valence electrons. The van der Waals surface area contributed by atoms with E-state index in [9.17, 15) is 4.79 Å². The number of aromatic nitrogens is 1. The van der Waals surface area contributed by atoms with Gasteiger partial charge in [0.05, 0.1) is 5.52 Å². The number of rotatable bonds is 1. The highest BCUT2D eigenvalue weighted by atomic mass is 127. The van der Waals surface area contributed by atoms with Crippen molar-refractivity contribution in [3.63, 3.8) is 0 Å². The predicted molar refractivity (Wildman–Crippen MR) is 73.9 cm³/mol. The van der Waals surface area contributed by atoms with Gasteiger partial charge in [0.1, 0.15) is 5.69 Å². The van der Waals surface area contributed by atoms with E-state index in [0.29, 0.717) is 5.52 Å². The van der Waals surface area contributed by atoms with E-state index in [0.717, 1.165) is 19.0 Å². The van der Waals surface area contributed by atoms with Crippen molar-refractivity contribution in [1.29, 1.82) is 0 Å². The van der Waals surface area contributed by atoms with Crippen molar-refractivity contribution in [3.05, 3.63) is 37.5 Å². The molecule has 0 fully saturated rings. The summed E-state index contributed by atoms with van der Waals surface area (Å²) in [6.07, 6.45) is 0. The van der Waals surface area contributed by atoms with E-state index in [1.807, 2.05) is 19.1 Å². The van der Waals surface area contributed by atoms with Gasteiger partial charge in [-0.25, -0.2) is 9.78 Å². The molecule has 0 aliphatic rings. The number of halogens is 2. The zero-order valence-electron chi connectivity index (χ0n) is 8.29. The first-order chi connectivity index (χ1) is 7.49. The van der Waals surface area contributed by atoms with Crippen LogP contribution in [0.15, 0.2) is 22.7 Å². The number of pyridine rings is 1. The van der Waals surface area contributed by atoms with Crippen LogP contribution in [0.4, 0.5) is 0 Å². The van der Waals surface area contributed by atoms with Crippen molar-refractivity contribution in [2.24, 2.45) is 0 Å². The highest BCUT2D eigenvalue weighted by Gasteiger charge is 2.10. The Morgan fingerprint density at radius 3 is 2.75 bits per heavy atom. The third kappa shape index (κ3) is 2.06. The zero-order chi connectivity index (χ0) is 11.9. The molecule has 2 rings (SSSR count). The number of benzene rings is 1. The first-order valence-corrected chi connectivity index (χ1v) is 6.36. The summed E-state index contributed by atoms with van der Waals surface area (Å²) in [4.78, 5) is 15.0. The molecule has 0 amide bonds. The van der Waals surface area contributed by atoms with Gasteiger partial charge >= 0.3 is 5.97 Å². The van der Waals surface area contributed by atoms with Crippen LogP contribution in [0, 0.1) is 10.5 Å². The van der Waals surface area contributed by atoms with Crippen molar-refractivity contribution in [2.75, 3.05) is 0 Å². The van der Waals surface area contributed by atoms with Crippen molar-refractivity contribution >= 4 is 55.4 Å². The number of fused-ring (bicyclic) bond motifs is 1. The molecule has 0 bridgehead atoms. The number of nitrogens with zero attached hydrogens (tertiary/aromatic N) is 1. The van der Waals surface area contributed by atoms with Crippen LogP contribution in [0.1, 0.15) is 16.1 Å². The van der Waals surface area contributed by atoms with Gasteiger partial charge in [-0.05, 0) is 69.2 Å². The molecule has 1 N–H and O–H groups in total. The number of aryl methyl sites for hydroxylation is 1. The van der Waals surface area contributed by atoms with Crippen LogP contribution in [0.5, 0.6) is 0 Å². The Labute approximate surface area is 114 Å². The van der Waals surface area contributed by atoms with E-state index >= 15 is 0 Å². The van der Waals surface area contributed by atoms with E-state index in [1.165, 1.54) is 0 Å². The van der Waals surface area contributed by atoms with Gasteiger partial charge in [0.15, 0.2) is 0 Å². The van der Waals surface area contributed by atoms with Crippen molar-refractivity contribution < 1.29 is 9.90 Å². The number of hydrogen-bond acceptors (Lipinski definition) is 2. The molecule has 5 heteroatoms. The lowest BCUT2D eigenvalue weighted by atomic mass is 10.1. The molecule has 0 saturated heterocycles. The Bertz CT molecular complexity index is 598. The van der Waals surface area contributed by atoms with Crippen molar-refractivity contribution in [2.45, 2.75) is 6.92 Å².